The quantitative estimate of drug-likeness (QED) is 0.809. The maximum absolute atomic E-state index is 13.4. The minimum Gasteiger partial charge on any atom is -0.464 e. The second-order valence-corrected chi connectivity index (χ2v) is 4.29. The molecule has 0 aliphatic heterocycles. The second-order valence-electron chi connectivity index (χ2n) is 4.29. The second kappa shape index (κ2) is 5.81. The Morgan fingerprint density at radius 2 is 2.15 bits per heavy atom. The molecule has 106 valence electrons. The molecule has 2 rings (SSSR count). The van der Waals surface area contributed by atoms with Gasteiger partial charge in [0.15, 0.2) is 17.7 Å². The van der Waals surface area contributed by atoms with E-state index in [1.54, 1.807) is 20.0 Å². The lowest BCUT2D eigenvalue weighted by Gasteiger charge is -2.17. The van der Waals surface area contributed by atoms with Gasteiger partial charge in [-0.3, -0.25) is 0 Å². The van der Waals surface area contributed by atoms with Gasteiger partial charge in [-0.25, -0.2) is 18.6 Å². The highest BCUT2D eigenvalue weighted by molar-refractivity contribution is 5.78. The summed E-state index contributed by atoms with van der Waals surface area (Å²) in [6.45, 7) is 3.65. The highest BCUT2D eigenvalue weighted by atomic mass is 19.2. The van der Waals surface area contributed by atoms with E-state index < -0.39 is 23.6 Å². The van der Waals surface area contributed by atoms with Crippen molar-refractivity contribution in [1.82, 2.24) is 9.55 Å². The van der Waals surface area contributed by atoms with Gasteiger partial charge in [0.1, 0.15) is 0 Å². The minimum absolute atomic E-state index is 0.201. The summed E-state index contributed by atoms with van der Waals surface area (Å²) in [7, 11) is 0. The number of aryl methyl sites for hydroxylation is 1. The molecule has 0 aliphatic carbocycles. The van der Waals surface area contributed by atoms with Gasteiger partial charge in [0, 0.05) is 6.20 Å². The Kier molecular flexibility index (Phi) is 4.12. The number of hydrogen-bond donors (Lipinski definition) is 0. The van der Waals surface area contributed by atoms with E-state index in [2.05, 4.69) is 4.98 Å². The fraction of sp³-hybridized carbons (Fsp3) is 0.286. The Labute approximate surface area is 115 Å². The Bertz CT molecular complexity index is 625. The maximum Gasteiger partial charge on any atom is 0.333 e. The van der Waals surface area contributed by atoms with E-state index in [1.807, 2.05) is 0 Å². The van der Waals surface area contributed by atoms with Crippen molar-refractivity contribution in [2.24, 2.45) is 0 Å². The largest absolute Gasteiger partial charge is 0.464 e. The molecule has 0 saturated heterocycles. The molecule has 6 heteroatoms. The molecule has 0 amide bonds. The Morgan fingerprint density at radius 1 is 1.40 bits per heavy atom. The summed E-state index contributed by atoms with van der Waals surface area (Å²) in [5, 5.41) is 0. The zero-order valence-electron chi connectivity index (χ0n) is 11.1. The van der Waals surface area contributed by atoms with Gasteiger partial charge in [-0.1, -0.05) is 6.07 Å². The van der Waals surface area contributed by atoms with Gasteiger partial charge in [0.25, 0.3) is 0 Å². The van der Waals surface area contributed by atoms with Crippen LogP contribution in [0.3, 0.4) is 0 Å². The van der Waals surface area contributed by atoms with Crippen LogP contribution in [-0.2, 0) is 9.53 Å². The van der Waals surface area contributed by atoms with Crippen LogP contribution in [-0.4, -0.2) is 22.1 Å². The fourth-order valence-corrected chi connectivity index (χ4v) is 1.91. The van der Waals surface area contributed by atoms with E-state index in [0.29, 0.717) is 11.3 Å². The van der Waals surface area contributed by atoms with Crippen LogP contribution in [0.15, 0.2) is 30.7 Å². The van der Waals surface area contributed by atoms with Crippen LogP contribution in [0.5, 0.6) is 0 Å². The van der Waals surface area contributed by atoms with Crippen molar-refractivity contribution >= 4 is 5.97 Å². The fourth-order valence-electron chi connectivity index (χ4n) is 1.91. The molecule has 2 aromatic rings. The first-order chi connectivity index (χ1) is 9.52. The van der Waals surface area contributed by atoms with E-state index in [4.69, 9.17) is 4.74 Å². The van der Waals surface area contributed by atoms with Gasteiger partial charge in [0.05, 0.1) is 18.6 Å². The molecule has 0 bridgehead atoms. The predicted octanol–water partition coefficient (Wildman–Crippen LogP) is 2.62. The summed E-state index contributed by atoms with van der Waals surface area (Å²) in [6, 6.07) is 2.45. The van der Waals surface area contributed by atoms with E-state index in [0.717, 1.165) is 12.1 Å². The van der Waals surface area contributed by atoms with Crippen molar-refractivity contribution in [2.75, 3.05) is 6.61 Å². The smallest absolute Gasteiger partial charge is 0.333 e. The summed E-state index contributed by atoms with van der Waals surface area (Å²) < 4.78 is 32.9. The van der Waals surface area contributed by atoms with Crippen LogP contribution >= 0.6 is 0 Å². The molecule has 0 spiro atoms. The average molecular weight is 280 g/mol. The van der Waals surface area contributed by atoms with Crippen molar-refractivity contribution in [3.8, 4) is 0 Å². The van der Waals surface area contributed by atoms with E-state index in [-0.39, 0.29) is 6.61 Å². The Balaban J connectivity index is 2.45. The molecular weight excluding hydrogens is 266 g/mol. The number of imidazole rings is 1. The van der Waals surface area contributed by atoms with Crippen molar-refractivity contribution in [1.29, 1.82) is 0 Å². The predicted molar refractivity (Wildman–Crippen MR) is 68.1 cm³/mol. The van der Waals surface area contributed by atoms with Crippen LogP contribution in [0.1, 0.15) is 24.2 Å². The molecule has 0 fully saturated rings. The number of nitrogens with zero attached hydrogens (tertiary/aromatic N) is 2. The molecule has 1 aromatic heterocycles. The number of ether oxygens (including phenoxy) is 1. The molecular formula is C14H14F2N2O2. The van der Waals surface area contributed by atoms with Crippen molar-refractivity contribution in [3.05, 3.63) is 53.6 Å². The lowest BCUT2D eigenvalue weighted by Crippen LogP contribution is -2.22. The number of halogens is 2. The molecule has 0 N–H and O–H groups in total. The van der Waals surface area contributed by atoms with E-state index in [1.165, 1.54) is 17.0 Å². The van der Waals surface area contributed by atoms with Gasteiger partial charge >= 0.3 is 5.97 Å². The third-order valence-corrected chi connectivity index (χ3v) is 2.80. The first kappa shape index (κ1) is 14.2. The number of aromatic nitrogens is 2. The summed E-state index contributed by atoms with van der Waals surface area (Å²) in [4.78, 5) is 16.1. The van der Waals surface area contributed by atoms with Crippen LogP contribution in [0.2, 0.25) is 0 Å². The number of carbonyl (C=O) groups is 1. The molecule has 1 unspecified atom stereocenters. The van der Waals surface area contributed by atoms with Gasteiger partial charge in [-0.15, -0.1) is 0 Å². The average Bonchev–Trinajstić information content (AvgIpc) is 2.81. The van der Waals surface area contributed by atoms with Crippen LogP contribution < -0.4 is 0 Å². The minimum atomic E-state index is -1.01. The van der Waals surface area contributed by atoms with E-state index >= 15 is 0 Å². The number of rotatable bonds is 4. The Hall–Kier alpha value is -2.24. The summed E-state index contributed by atoms with van der Waals surface area (Å²) >= 11 is 0. The Morgan fingerprint density at radius 3 is 2.70 bits per heavy atom. The lowest BCUT2D eigenvalue weighted by atomic mass is 10.1. The van der Waals surface area contributed by atoms with E-state index in [9.17, 15) is 13.6 Å². The normalized spacial score (nSPS) is 12.2. The van der Waals surface area contributed by atoms with Gasteiger partial charge in [-0.05, 0) is 31.5 Å². The third kappa shape index (κ3) is 2.84. The summed E-state index contributed by atoms with van der Waals surface area (Å²) in [5.41, 5.74) is 1.02. The SMILES string of the molecule is CCOC(=O)C(c1ccc(F)c(F)c1)n1cnc(C)c1. The van der Waals surface area contributed by atoms with Crippen molar-refractivity contribution in [3.63, 3.8) is 0 Å². The zero-order chi connectivity index (χ0) is 14.7. The zero-order valence-corrected chi connectivity index (χ0v) is 11.1. The third-order valence-electron chi connectivity index (χ3n) is 2.80. The molecule has 1 atom stereocenters. The molecule has 20 heavy (non-hydrogen) atoms. The highest BCUT2D eigenvalue weighted by Gasteiger charge is 2.25. The number of esters is 1. The number of carbonyl (C=O) groups excluding carboxylic acids is 1. The van der Waals surface area contributed by atoms with Gasteiger partial charge in [-0.2, -0.15) is 0 Å². The summed E-state index contributed by atoms with van der Waals surface area (Å²) in [5.74, 6) is -2.51. The lowest BCUT2D eigenvalue weighted by molar-refractivity contribution is -0.145. The van der Waals surface area contributed by atoms with Crippen LogP contribution in [0.25, 0.3) is 0 Å². The molecule has 1 aromatic carbocycles. The standard InChI is InChI=1S/C14H14F2N2O2/c1-3-20-14(19)13(18-7-9(2)17-8-18)10-4-5-11(15)12(16)6-10/h4-8,13H,3H2,1-2H3. The van der Waals surface area contributed by atoms with Crippen molar-refractivity contribution < 1.29 is 18.3 Å². The molecule has 0 saturated carbocycles. The number of hydrogen-bond acceptors (Lipinski definition) is 3. The molecule has 0 radical (unpaired) electrons. The number of benzene rings is 1. The molecule has 0 aliphatic rings. The summed E-state index contributed by atoms with van der Waals surface area (Å²) in [6.07, 6.45) is 3.10. The highest BCUT2D eigenvalue weighted by Crippen LogP contribution is 2.22. The first-order valence-electron chi connectivity index (χ1n) is 6.14. The maximum atomic E-state index is 13.4. The monoisotopic (exact) mass is 280 g/mol. The van der Waals surface area contributed by atoms with Gasteiger partial charge < -0.3 is 9.30 Å². The van der Waals surface area contributed by atoms with Crippen LogP contribution in [0.4, 0.5) is 8.78 Å². The molecule has 4 nitrogen and oxygen atoms in total. The van der Waals surface area contributed by atoms with Crippen LogP contribution in [0, 0.1) is 18.6 Å². The molecule has 1 heterocycles. The van der Waals surface area contributed by atoms with Crippen molar-refractivity contribution in [2.45, 2.75) is 19.9 Å². The first-order valence-corrected chi connectivity index (χ1v) is 6.14. The van der Waals surface area contributed by atoms with Gasteiger partial charge in [0.2, 0.25) is 0 Å². The topological polar surface area (TPSA) is 44.1 Å².